The molecule has 1 rings (SSSR count). The second-order valence-corrected chi connectivity index (χ2v) is 2.50. The summed E-state index contributed by atoms with van der Waals surface area (Å²) in [5.74, 6) is 2.34. The van der Waals surface area contributed by atoms with Gasteiger partial charge >= 0.3 is 6.09 Å². The molecule has 1 fully saturated rings. The molecule has 0 aromatic heterocycles. The lowest BCUT2D eigenvalue weighted by molar-refractivity contribution is 0.136. The molecule has 1 saturated heterocycles. The molecule has 13 heavy (non-hydrogen) atoms. The third kappa shape index (κ3) is 2.29. The lowest BCUT2D eigenvalue weighted by atomic mass is 10.3. The van der Waals surface area contributed by atoms with Crippen molar-refractivity contribution in [1.82, 2.24) is 4.90 Å². The first-order chi connectivity index (χ1) is 6.27. The van der Waals surface area contributed by atoms with Crippen LogP contribution in [0.25, 0.3) is 10.4 Å². The van der Waals surface area contributed by atoms with Gasteiger partial charge in [-0.3, -0.25) is 4.90 Å². The third-order valence-electron chi connectivity index (χ3n) is 1.58. The average Bonchev–Trinajstić information content (AvgIpc) is 2.45. The first-order valence-electron chi connectivity index (χ1n) is 3.67. The number of ether oxygens (including phenoxy) is 1. The minimum absolute atomic E-state index is 0.156. The van der Waals surface area contributed by atoms with Crippen molar-refractivity contribution >= 4 is 6.09 Å². The number of terminal acetylenes is 1. The number of cyclic esters (lactones) is 1. The van der Waals surface area contributed by atoms with Crippen LogP contribution in [0.5, 0.6) is 0 Å². The minimum Gasteiger partial charge on any atom is -0.444 e. The molecule has 6 nitrogen and oxygen atoms in total. The number of azide groups is 1. The lowest BCUT2D eigenvalue weighted by Gasteiger charge is -2.06. The zero-order chi connectivity index (χ0) is 9.68. The summed E-state index contributed by atoms with van der Waals surface area (Å²) in [6.45, 7) is 0.775. The van der Waals surface area contributed by atoms with Crippen LogP contribution in [0, 0.1) is 12.3 Å². The predicted octanol–water partition coefficient (Wildman–Crippen LogP) is 0.751. The summed E-state index contributed by atoms with van der Waals surface area (Å²) in [6, 6.07) is 0. The van der Waals surface area contributed by atoms with E-state index in [1.807, 2.05) is 0 Å². The van der Waals surface area contributed by atoms with E-state index in [2.05, 4.69) is 15.9 Å². The summed E-state index contributed by atoms with van der Waals surface area (Å²) < 4.78 is 4.86. The fourth-order valence-electron chi connectivity index (χ4n) is 1.04. The van der Waals surface area contributed by atoms with E-state index >= 15 is 0 Å². The number of carbonyl (C=O) groups excluding carboxylic acids is 1. The van der Waals surface area contributed by atoms with Gasteiger partial charge in [-0.2, -0.15) is 0 Å². The van der Waals surface area contributed by atoms with Crippen LogP contribution in [0.2, 0.25) is 0 Å². The predicted molar refractivity (Wildman–Crippen MR) is 44.7 cm³/mol. The Morgan fingerprint density at radius 3 is 3.31 bits per heavy atom. The molecule has 1 aliphatic rings. The molecule has 1 atom stereocenters. The molecule has 68 valence electrons. The van der Waals surface area contributed by atoms with Gasteiger partial charge in [0.05, 0.1) is 19.6 Å². The van der Waals surface area contributed by atoms with E-state index in [1.54, 1.807) is 0 Å². The van der Waals surface area contributed by atoms with Gasteiger partial charge in [0.15, 0.2) is 0 Å². The van der Waals surface area contributed by atoms with Gasteiger partial charge < -0.3 is 4.74 Å². The zero-order valence-electron chi connectivity index (χ0n) is 6.88. The second-order valence-electron chi connectivity index (χ2n) is 2.50. The van der Waals surface area contributed by atoms with Crippen LogP contribution in [0.1, 0.15) is 0 Å². The topological polar surface area (TPSA) is 78.3 Å². The van der Waals surface area contributed by atoms with Crippen molar-refractivity contribution in [3.8, 4) is 12.3 Å². The summed E-state index contributed by atoms with van der Waals surface area (Å²) in [7, 11) is 0. The number of amides is 1. The van der Waals surface area contributed by atoms with Crippen molar-refractivity contribution in [3.05, 3.63) is 10.4 Å². The van der Waals surface area contributed by atoms with E-state index in [1.165, 1.54) is 4.90 Å². The Morgan fingerprint density at radius 2 is 2.69 bits per heavy atom. The highest BCUT2D eigenvalue weighted by atomic mass is 16.6. The molecule has 1 heterocycles. The van der Waals surface area contributed by atoms with E-state index in [0.717, 1.165) is 0 Å². The van der Waals surface area contributed by atoms with Gasteiger partial charge in [-0.15, -0.1) is 6.42 Å². The molecule has 0 radical (unpaired) electrons. The molecular formula is C7H8N4O2. The van der Waals surface area contributed by atoms with Crippen LogP contribution in [0.4, 0.5) is 4.79 Å². The highest BCUT2D eigenvalue weighted by Gasteiger charge is 2.29. The Balaban J connectivity index is 2.45. The lowest BCUT2D eigenvalue weighted by Crippen LogP contribution is -2.25. The Labute approximate surface area is 75.1 Å². The van der Waals surface area contributed by atoms with Crippen molar-refractivity contribution in [2.24, 2.45) is 5.11 Å². The molecule has 0 bridgehead atoms. The molecule has 0 spiro atoms. The highest BCUT2D eigenvalue weighted by molar-refractivity contribution is 5.70. The molecule has 0 saturated carbocycles. The maximum atomic E-state index is 11.0. The number of hydrogen-bond donors (Lipinski definition) is 0. The molecule has 1 aliphatic heterocycles. The molecule has 0 aromatic carbocycles. The molecule has 0 aromatic rings. The van der Waals surface area contributed by atoms with Crippen LogP contribution in [0.3, 0.4) is 0 Å². The van der Waals surface area contributed by atoms with Gasteiger partial charge in [0.1, 0.15) is 6.10 Å². The van der Waals surface area contributed by atoms with Crippen molar-refractivity contribution < 1.29 is 9.53 Å². The normalized spacial score (nSPS) is 20.4. The Morgan fingerprint density at radius 1 is 1.92 bits per heavy atom. The molecule has 0 aliphatic carbocycles. The second kappa shape index (κ2) is 4.24. The molecule has 1 unspecified atom stereocenters. The fraction of sp³-hybridized carbons (Fsp3) is 0.571. The van der Waals surface area contributed by atoms with Gasteiger partial charge in [0.2, 0.25) is 0 Å². The van der Waals surface area contributed by atoms with Crippen molar-refractivity contribution in [3.63, 3.8) is 0 Å². The SMILES string of the molecule is C#CCN1CC(CN=[N+]=[N-])OC1=O. The maximum absolute atomic E-state index is 11.0. The molecule has 6 heteroatoms. The van der Waals surface area contributed by atoms with Gasteiger partial charge in [-0.1, -0.05) is 11.0 Å². The maximum Gasteiger partial charge on any atom is 0.411 e. The van der Waals surface area contributed by atoms with Crippen LogP contribution >= 0.6 is 0 Å². The number of carbonyl (C=O) groups is 1. The molecule has 0 N–H and O–H groups in total. The monoisotopic (exact) mass is 180 g/mol. The first-order valence-corrected chi connectivity index (χ1v) is 3.67. The van der Waals surface area contributed by atoms with E-state index in [9.17, 15) is 4.79 Å². The first kappa shape index (κ1) is 9.23. The van der Waals surface area contributed by atoms with Gasteiger partial charge in [-0.05, 0) is 5.53 Å². The number of rotatable bonds is 3. The number of nitrogens with zero attached hydrogens (tertiary/aromatic N) is 4. The summed E-state index contributed by atoms with van der Waals surface area (Å²) in [5.41, 5.74) is 8.03. The largest absolute Gasteiger partial charge is 0.444 e. The average molecular weight is 180 g/mol. The Hall–Kier alpha value is -1.86. The number of hydrogen-bond acceptors (Lipinski definition) is 3. The van der Waals surface area contributed by atoms with E-state index in [-0.39, 0.29) is 19.2 Å². The van der Waals surface area contributed by atoms with Gasteiger partial charge in [0.25, 0.3) is 0 Å². The molecular weight excluding hydrogens is 172 g/mol. The van der Waals surface area contributed by atoms with Crippen LogP contribution in [-0.4, -0.2) is 36.7 Å². The van der Waals surface area contributed by atoms with Crippen LogP contribution in [-0.2, 0) is 4.74 Å². The Bertz CT molecular complexity index is 289. The van der Waals surface area contributed by atoms with E-state index < -0.39 is 6.09 Å². The van der Waals surface area contributed by atoms with Crippen molar-refractivity contribution in [1.29, 1.82) is 0 Å². The summed E-state index contributed by atoms with van der Waals surface area (Å²) in [6.07, 6.45) is 4.22. The summed E-state index contributed by atoms with van der Waals surface area (Å²) >= 11 is 0. The zero-order valence-corrected chi connectivity index (χ0v) is 6.88. The van der Waals surface area contributed by atoms with Crippen LogP contribution in [0.15, 0.2) is 5.11 Å². The fourth-order valence-corrected chi connectivity index (χ4v) is 1.04. The summed E-state index contributed by atoms with van der Waals surface area (Å²) in [4.78, 5) is 15.0. The molecule has 1 amide bonds. The summed E-state index contributed by atoms with van der Waals surface area (Å²) in [5, 5.41) is 3.31. The van der Waals surface area contributed by atoms with Gasteiger partial charge in [-0.25, -0.2) is 4.79 Å². The van der Waals surface area contributed by atoms with Crippen LogP contribution < -0.4 is 0 Å². The van der Waals surface area contributed by atoms with E-state index in [4.69, 9.17) is 16.7 Å². The third-order valence-corrected chi connectivity index (χ3v) is 1.58. The van der Waals surface area contributed by atoms with Crippen molar-refractivity contribution in [2.45, 2.75) is 6.10 Å². The Kier molecular flexibility index (Phi) is 3.01. The van der Waals surface area contributed by atoms with E-state index in [0.29, 0.717) is 6.54 Å². The standard InChI is InChI=1S/C7H8N4O2/c1-2-3-11-5-6(4-9-10-8)13-7(11)12/h1,6H,3-5H2. The highest BCUT2D eigenvalue weighted by Crippen LogP contribution is 2.10. The van der Waals surface area contributed by atoms with Gasteiger partial charge in [0, 0.05) is 4.91 Å². The quantitative estimate of drug-likeness (QED) is 0.278. The smallest absolute Gasteiger partial charge is 0.411 e. The minimum atomic E-state index is -0.448. The van der Waals surface area contributed by atoms with Crippen molar-refractivity contribution in [2.75, 3.05) is 19.6 Å².